The number of alkyl halides is 2. The first-order chi connectivity index (χ1) is 7.42. The van der Waals surface area contributed by atoms with Crippen molar-refractivity contribution in [2.24, 2.45) is 0 Å². The number of ether oxygens (including phenoxy) is 1. The Morgan fingerprint density at radius 2 is 2.25 bits per heavy atom. The summed E-state index contributed by atoms with van der Waals surface area (Å²) in [6, 6.07) is 0. The number of esters is 1. The van der Waals surface area contributed by atoms with E-state index in [4.69, 9.17) is 0 Å². The second-order valence-electron chi connectivity index (χ2n) is 3.62. The van der Waals surface area contributed by atoms with Gasteiger partial charge in [-0.05, 0) is 0 Å². The van der Waals surface area contributed by atoms with Crippen LogP contribution in [0.5, 0.6) is 0 Å². The van der Waals surface area contributed by atoms with Gasteiger partial charge in [-0.3, -0.25) is 4.79 Å². The highest BCUT2D eigenvalue weighted by Gasteiger charge is 2.50. The second kappa shape index (κ2) is 5.20. The van der Waals surface area contributed by atoms with E-state index in [1.165, 1.54) is 6.92 Å². The Balaban J connectivity index is 2.11. The van der Waals surface area contributed by atoms with Gasteiger partial charge in [0.25, 0.3) is 0 Å². The third-order valence-corrected chi connectivity index (χ3v) is 2.10. The Hall–Kier alpha value is -1.24. The molecule has 1 fully saturated rings. The summed E-state index contributed by atoms with van der Waals surface area (Å²) < 4.78 is 29.9. The highest BCUT2D eigenvalue weighted by Crippen LogP contribution is 2.30. The molecule has 1 rings (SSSR count). The molecule has 0 spiro atoms. The van der Waals surface area contributed by atoms with Gasteiger partial charge in [0.05, 0.1) is 6.42 Å². The molecule has 16 heavy (non-hydrogen) atoms. The summed E-state index contributed by atoms with van der Waals surface area (Å²) in [6.07, 6.45) is -1.38. The van der Waals surface area contributed by atoms with E-state index in [9.17, 15) is 18.4 Å². The molecular formula is C9H14F2N2O3. The molecule has 1 amide bonds. The van der Waals surface area contributed by atoms with Crippen LogP contribution >= 0.6 is 0 Å². The predicted molar refractivity (Wildman–Crippen MR) is 51.0 cm³/mol. The number of rotatable bonds is 5. The van der Waals surface area contributed by atoms with Crippen LogP contribution in [-0.4, -0.2) is 43.5 Å². The van der Waals surface area contributed by atoms with Crippen LogP contribution < -0.4 is 10.6 Å². The van der Waals surface area contributed by atoms with Gasteiger partial charge in [0, 0.05) is 26.6 Å². The maximum absolute atomic E-state index is 12.7. The molecule has 5 nitrogen and oxygen atoms in total. The first-order valence-corrected chi connectivity index (χ1v) is 4.96. The van der Waals surface area contributed by atoms with Crippen molar-refractivity contribution in [2.75, 3.05) is 19.6 Å². The van der Waals surface area contributed by atoms with Gasteiger partial charge < -0.3 is 15.4 Å². The molecule has 0 bridgehead atoms. The summed E-state index contributed by atoms with van der Waals surface area (Å²) in [4.78, 5) is 21.1. The van der Waals surface area contributed by atoms with Crippen molar-refractivity contribution in [2.45, 2.75) is 25.4 Å². The molecule has 1 aliphatic heterocycles. The van der Waals surface area contributed by atoms with E-state index in [2.05, 4.69) is 15.4 Å². The van der Waals surface area contributed by atoms with E-state index in [1.807, 2.05) is 0 Å². The number of nitrogens with one attached hydrogen (secondary N) is 2. The molecule has 0 aliphatic carbocycles. The van der Waals surface area contributed by atoms with E-state index < -0.39 is 24.4 Å². The molecule has 1 saturated heterocycles. The molecule has 0 saturated carbocycles. The molecule has 1 atom stereocenters. The summed E-state index contributed by atoms with van der Waals surface area (Å²) in [5.41, 5.74) is 0. The number of carbonyl (C=O) groups is 2. The summed E-state index contributed by atoms with van der Waals surface area (Å²) in [6.45, 7) is 2.41. The average Bonchev–Trinajstić information content (AvgIpc) is 2.39. The van der Waals surface area contributed by atoms with Gasteiger partial charge in [-0.2, -0.15) is 8.78 Å². The quantitative estimate of drug-likeness (QED) is 0.506. The molecule has 1 aliphatic rings. The lowest BCUT2D eigenvalue weighted by Gasteiger charge is -2.09. The SMILES string of the molecule is CC(=O)NCCNCC1CC(F)(F)C(=O)O1. The molecule has 2 N–H and O–H groups in total. The third-order valence-electron chi connectivity index (χ3n) is 2.10. The number of amides is 1. The Bertz CT molecular complexity index is 284. The average molecular weight is 236 g/mol. The molecule has 1 unspecified atom stereocenters. The Morgan fingerprint density at radius 1 is 1.56 bits per heavy atom. The zero-order chi connectivity index (χ0) is 12.2. The number of cyclic esters (lactones) is 1. The van der Waals surface area contributed by atoms with Crippen molar-refractivity contribution in [3.05, 3.63) is 0 Å². The van der Waals surface area contributed by atoms with Crippen molar-refractivity contribution in [1.82, 2.24) is 10.6 Å². The molecule has 92 valence electrons. The van der Waals surface area contributed by atoms with E-state index in [0.717, 1.165) is 0 Å². The molecule has 0 aromatic carbocycles. The van der Waals surface area contributed by atoms with E-state index in [-0.39, 0.29) is 12.5 Å². The summed E-state index contributed by atoms with van der Waals surface area (Å²) in [7, 11) is 0. The number of carbonyl (C=O) groups excluding carboxylic acids is 2. The molecule has 0 aromatic rings. The van der Waals surface area contributed by atoms with Crippen molar-refractivity contribution in [3.8, 4) is 0 Å². The van der Waals surface area contributed by atoms with Crippen LogP contribution in [0.1, 0.15) is 13.3 Å². The first-order valence-electron chi connectivity index (χ1n) is 4.96. The molecule has 0 aromatic heterocycles. The monoisotopic (exact) mass is 236 g/mol. The molecule has 0 radical (unpaired) electrons. The lowest BCUT2D eigenvalue weighted by atomic mass is 10.2. The maximum Gasteiger partial charge on any atom is 0.377 e. The minimum Gasteiger partial charge on any atom is -0.456 e. The molecule has 7 heteroatoms. The minimum atomic E-state index is -3.36. The van der Waals surface area contributed by atoms with Gasteiger partial charge in [0.1, 0.15) is 6.10 Å². The largest absolute Gasteiger partial charge is 0.456 e. The topological polar surface area (TPSA) is 67.4 Å². The fourth-order valence-corrected chi connectivity index (χ4v) is 1.35. The van der Waals surface area contributed by atoms with Gasteiger partial charge in [-0.25, -0.2) is 4.79 Å². The van der Waals surface area contributed by atoms with E-state index in [1.54, 1.807) is 0 Å². The Morgan fingerprint density at radius 3 is 2.75 bits per heavy atom. The van der Waals surface area contributed by atoms with Gasteiger partial charge in [0.2, 0.25) is 5.91 Å². The highest BCUT2D eigenvalue weighted by molar-refractivity contribution is 5.79. The number of halogens is 2. The zero-order valence-corrected chi connectivity index (χ0v) is 8.89. The van der Waals surface area contributed by atoms with Crippen LogP contribution in [0, 0.1) is 0 Å². The summed E-state index contributed by atoms with van der Waals surface area (Å²) >= 11 is 0. The summed E-state index contributed by atoms with van der Waals surface area (Å²) in [5.74, 6) is -4.97. The lowest BCUT2D eigenvalue weighted by molar-refractivity contribution is -0.159. The first kappa shape index (κ1) is 12.8. The fourth-order valence-electron chi connectivity index (χ4n) is 1.35. The van der Waals surface area contributed by atoms with Crippen LogP contribution in [0.15, 0.2) is 0 Å². The van der Waals surface area contributed by atoms with Gasteiger partial charge in [-0.15, -0.1) is 0 Å². The van der Waals surface area contributed by atoms with E-state index >= 15 is 0 Å². The molecular weight excluding hydrogens is 222 g/mol. The van der Waals surface area contributed by atoms with Crippen molar-refractivity contribution >= 4 is 11.9 Å². The normalized spacial score (nSPS) is 22.9. The van der Waals surface area contributed by atoms with Crippen molar-refractivity contribution < 1.29 is 23.1 Å². The smallest absolute Gasteiger partial charge is 0.377 e. The molecule has 1 heterocycles. The van der Waals surface area contributed by atoms with Crippen molar-refractivity contribution in [1.29, 1.82) is 0 Å². The van der Waals surface area contributed by atoms with Crippen LogP contribution in [0.4, 0.5) is 8.78 Å². The number of hydrogen-bond acceptors (Lipinski definition) is 4. The van der Waals surface area contributed by atoms with Crippen LogP contribution in [0.25, 0.3) is 0 Å². The standard InChI is InChI=1S/C9H14F2N2O3/c1-6(14)13-3-2-12-5-7-4-9(10,11)8(15)16-7/h7,12H,2-5H2,1H3,(H,13,14). The maximum atomic E-state index is 12.7. The van der Waals surface area contributed by atoms with Gasteiger partial charge >= 0.3 is 11.9 Å². The van der Waals surface area contributed by atoms with Crippen molar-refractivity contribution in [3.63, 3.8) is 0 Å². The third kappa shape index (κ3) is 3.73. The second-order valence-corrected chi connectivity index (χ2v) is 3.62. The van der Waals surface area contributed by atoms with E-state index in [0.29, 0.717) is 13.1 Å². The highest BCUT2D eigenvalue weighted by atomic mass is 19.3. The summed E-state index contributed by atoms with van der Waals surface area (Å²) in [5, 5.41) is 5.35. The Labute approximate surface area is 91.5 Å². The van der Waals surface area contributed by atoms with Crippen LogP contribution in [0.3, 0.4) is 0 Å². The lowest BCUT2D eigenvalue weighted by Crippen LogP contribution is -2.34. The van der Waals surface area contributed by atoms with Crippen LogP contribution in [-0.2, 0) is 14.3 Å². The zero-order valence-electron chi connectivity index (χ0n) is 8.89. The minimum absolute atomic E-state index is 0.152. The number of hydrogen-bond donors (Lipinski definition) is 2. The predicted octanol–water partition coefficient (Wildman–Crippen LogP) is -0.337. The fraction of sp³-hybridized carbons (Fsp3) is 0.778. The van der Waals surface area contributed by atoms with Gasteiger partial charge in [0.15, 0.2) is 0 Å². The van der Waals surface area contributed by atoms with Crippen LogP contribution in [0.2, 0.25) is 0 Å². The Kier molecular flexibility index (Phi) is 4.17. The van der Waals surface area contributed by atoms with Gasteiger partial charge in [-0.1, -0.05) is 0 Å².